The third-order valence-corrected chi connectivity index (χ3v) is 3.40. The first-order valence-electron chi connectivity index (χ1n) is 5.38. The molecule has 2 rings (SSSR count). The highest BCUT2D eigenvalue weighted by Crippen LogP contribution is 2.44. The number of methoxy groups -OCH3 is 1. The second-order valence-electron chi connectivity index (χ2n) is 4.14. The maximum absolute atomic E-state index is 11.8. The van der Waals surface area contributed by atoms with E-state index in [1.54, 1.807) is 7.11 Å². The number of hydrazine groups is 1. The number of nitrogens with one attached hydrogen (secondary N) is 1. The fourth-order valence-corrected chi connectivity index (χ4v) is 2.24. The number of carbonyl (C=O) groups excluding carboxylic acids is 1. The Kier molecular flexibility index (Phi) is 2.83. The van der Waals surface area contributed by atoms with Gasteiger partial charge in [-0.2, -0.15) is 0 Å². The predicted octanol–water partition coefficient (Wildman–Crippen LogP) is 1.11. The molecule has 4 nitrogen and oxygen atoms in total. The molecule has 0 saturated heterocycles. The highest BCUT2D eigenvalue weighted by Gasteiger charge is 2.45. The van der Waals surface area contributed by atoms with Crippen LogP contribution in [0.4, 0.5) is 0 Å². The van der Waals surface area contributed by atoms with E-state index >= 15 is 0 Å². The van der Waals surface area contributed by atoms with Crippen molar-refractivity contribution in [3.63, 3.8) is 0 Å². The van der Waals surface area contributed by atoms with Crippen LogP contribution in [0.3, 0.4) is 0 Å². The summed E-state index contributed by atoms with van der Waals surface area (Å²) in [4.78, 5) is 11.8. The predicted molar refractivity (Wildman–Crippen MR) is 60.9 cm³/mol. The molecule has 0 spiro atoms. The quantitative estimate of drug-likeness (QED) is 0.455. The van der Waals surface area contributed by atoms with Gasteiger partial charge in [0.2, 0.25) is 5.91 Å². The van der Waals surface area contributed by atoms with Gasteiger partial charge in [0.25, 0.3) is 0 Å². The first-order chi connectivity index (χ1) is 7.73. The zero-order valence-corrected chi connectivity index (χ0v) is 9.32. The number of amides is 1. The van der Waals surface area contributed by atoms with Crippen molar-refractivity contribution in [3.8, 4) is 5.75 Å². The lowest BCUT2D eigenvalue weighted by atomic mass is 9.64. The number of nitrogens with two attached hydrogens (primary N) is 1. The Morgan fingerprint density at radius 2 is 2.25 bits per heavy atom. The summed E-state index contributed by atoms with van der Waals surface area (Å²) in [6, 6.07) is 7.64. The standard InChI is InChI=1S/C12H16N2O2/c1-16-10-5-2-4-9(8-10)12(6-3-7-12)11(15)14-13/h2,4-5,8H,3,6-7,13H2,1H3,(H,14,15). The van der Waals surface area contributed by atoms with Crippen LogP contribution in [0.1, 0.15) is 24.8 Å². The lowest BCUT2D eigenvalue weighted by Crippen LogP contribution is -2.51. The van der Waals surface area contributed by atoms with Crippen molar-refractivity contribution in [2.24, 2.45) is 5.84 Å². The molecule has 1 aliphatic carbocycles. The first-order valence-corrected chi connectivity index (χ1v) is 5.38. The third-order valence-electron chi connectivity index (χ3n) is 3.40. The van der Waals surface area contributed by atoms with E-state index < -0.39 is 5.41 Å². The van der Waals surface area contributed by atoms with Gasteiger partial charge in [-0.05, 0) is 30.5 Å². The zero-order chi connectivity index (χ0) is 11.6. The summed E-state index contributed by atoms with van der Waals surface area (Å²) in [6.45, 7) is 0. The summed E-state index contributed by atoms with van der Waals surface area (Å²) in [5, 5.41) is 0. The minimum Gasteiger partial charge on any atom is -0.497 e. The van der Waals surface area contributed by atoms with E-state index in [4.69, 9.17) is 10.6 Å². The Bertz CT molecular complexity index is 400. The van der Waals surface area contributed by atoms with Crippen molar-refractivity contribution in [1.29, 1.82) is 0 Å². The molecule has 16 heavy (non-hydrogen) atoms. The van der Waals surface area contributed by atoms with Crippen molar-refractivity contribution in [2.45, 2.75) is 24.7 Å². The second kappa shape index (κ2) is 4.14. The number of carbonyl (C=O) groups is 1. The second-order valence-corrected chi connectivity index (χ2v) is 4.14. The van der Waals surface area contributed by atoms with Gasteiger partial charge in [-0.25, -0.2) is 5.84 Å². The molecule has 1 aromatic rings. The molecule has 0 aromatic heterocycles. The zero-order valence-electron chi connectivity index (χ0n) is 9.32. The molecular weight excluding hydrogens is 204 g/mol. The Balaban J connectivity index is 2.36. The van der Waals surface area contributed by atoms with Gasteiger partial charge in [-0.15, -0.1) is 0 Å². The Morgan fingerprint density at radius 3 is 2.75 bits per heavy atom. The van der Waals surface area contributed by atoms with Gasteiger partial charge < -0.3 is 4.74 Å². The van der Waals surface area contributed by atoms with Crippen LogP contribution in [0.5, 0.6) is 5.75 Å². The van der Waals surface area contributed by atoms with Crippen molar-refractivity contribution in [3.05, 3.63) is 29.8 Å². The summed E-state index contributed by atoms with van der Waals surface area (Å²) in [5.74, 6) is 5.91. The van der Waals surface area contributed by atoms with Crippen LogP contribution in [-0.4, -0.2) is 13.0 Å². The summed E-state index contributed by atoms with van der Waals surface area (Å²) >= 11 is 0. The molecule has 0 radical (unpaired) electrons. The van der Waals surface area contributed by atoms with Crippen LogP contribution < -0.4 is 16.0 Å². The van der Waals surface area contributed by atoms with Gasteiger partial charge in [0.1, 0.15) is 5.75 Å². The first kappa shape index (κ1) is 11.0. The van der Waals surface area contributed by atoms with Crippen molar-refractivity contribution >= 4 is 5.91 Å². The van der Waals surface area contributed by atoms with Crippen LogP contribution in [-0.2, 0) is 10.2 Å². The Labute approximate surface area is 94.8 Å². The molecule has 0 atom stereocenters. The molecule has 0 unspecified atom stereocenters. The minimum atomic E-state index is -0.441. The Hall–Kier alpha value is -1.55. The maximum Gasteiger partial charge on any atom is 0.244 e. The van der Waals surface area contributed by atoms with E-state index in [2.05, 4.69) is 5.43 Å². The molecule has 1 aromatic carbocycles. The maximum atomic E-state index is 11.8. The van der Waals surface area contributed by atoms with Gasteiger partial charge >= 0.3 is 0 Å². The molecule has 86 valence electrons. The number of hydrogen-bond acceptors (Lipinski definition) is 3. The highest BCUT2D eigenvalue weighted by atomic mass is 16.5. The monoisotopic (exact) mass is 220 g/mol. The number of hydrogen-bond donors (Lipinski definition) is 2. The van der Waals surface area contributed by atoms with E-state index in [9.17, 15) is 4.79 Å². The van der Waals surface area contributed by atoms with E-state index in [0.717, 1.165) is 30.6 Å². The molecular formula is C12H16N2O2. The lowest BCUT2D eigenvalue weighted by molar-refractivity contribution is -0.130. The van der Waals surface area contributed by atoms with Gasteiger partial charge in [0.15, 0.2) is 0 Å². The average Bonchev–Trinajstić information content (AvgIpc) is 2.27. The SMILES string of the molecule is COc1cccc(C2(C(=O)NN)CCC2)c1. The lowest BCUT2D eigenvalue weighted by Gasteiger charge is -2.40. The molecule has 1 saturated carbocycles. The van der Waals surface area contributed by atoms with Crippen LogP contribution in [0.25, 0.3) is 0 Å². The number of benzene rings is 1. The van der Waals surface area contributed by atoms with Gasteiger partial charge in [-0.3, -0.25) is 10.2 Å². The topological polar surface area (TPSA) is 64.3 Å². The van der Waals surface area contributed by atoms with Crippen LogP contribution in [0.15, 0.2) is 24.3 Å². The molecule has 1 fully saturated rings. The fraction of sp³-hybridized carbons (Fsp3) is 0.417. The van der Waals surface area contributed by atoms with E-state index in [0.29, 0.717) is 0 Å². The van der Waals surface area contributed by atoms with E-state index in [1.807, 2.05) is 24.3 Å². The highest BCUT2D eigenvalue weighted by molar-refractivity contribution is 5.88. The van der Waals surface area contributed by atoms with Crippen molar-refractivity contribution < 1.29 is 9.53 Å². The number of ether oxygens (including phenoxy) is 1. The Morgan fingerprint density at radius 1 is 1.50 bits per heavy atom. The van der Waals surface area contributed by atoms with Crippen molar-refractivity contribution in [1.82, 2.24) is 5.43 Å². The van der Waals surface area contributed by atoms with Crippen LogP contribution in [0, 0.1) is 0 Å². The average molecular weight is 220 g/mol. The summed E-state index contributed by atoms with van der Waals surface area (Å²) < 4.78 is 5.17. The third kappa shape index (κ3) is 1.55. The molecule has 0 aliphatic heterocycles. The van der Waals surface area contributed by atoms with E-state index in [1.165, 1.54) is 0 Å². The van der Waals surface area contributed by atoms with Gasteiger partial charge in [0.05, 0.1) is 12.5 Å². The van der Waals surface area contributed by atoms with Crippen LogP contribution >= 0.6 is 0 Å². The molecule has 3 N–H and O–H groups in total. The van der Waals surface area contributed by atoms with Gasteiger partial charge in [-0.1, -0.05) is 18.6 Å². The molecule has 1 aliphatic rings. The minimum absolute atomic E-state index is 0.105. The summed E-state index contributed by atoms with van der Waals surface area (Å²) in [7, 11) is 1.62. The molecule has 4 heteroatoms. The van der Waals surface area contributed by atoms with Gasteiger partial charge in [0, 0.05) is 0 Å². The molecule has 0 bridgehead atoms. The van der Waals surface area contributed by atoms with Crippen molar-refractivity contribution in [2.75, 3.05) is 7.11 Å². The molecule has 0 heterocycles. The number of rotatable bonds is 3. The normalized spacial score (nSPS) is 17.4. The molecule has 1 amide bonds. The summed E-state index contributed by atoms with van der Waals surface area (Å²) in [5.41, 5.74) is 2.81. The largest absolute Gasteiger partial charge is 0.497 e. The smallest absolute Gasteiger partial charge is 0.244 e. The van der Waals surface area contributed by atoms with Crippen LogP contribution in [0.2, 0.25) is 0 Å². The summed E-state index contributed by atoms with van der Waals surface area (Å²) in [6.07, 6.45) is 2.76. The fourth-order valence-electron chi connectivity index (χ4n) is 2.24. The van der Waals surface area contributed by atoms with E-state index in [-0.39, 0.29) is 5.91 Å².